The number of benzene rings is 1. The molecule has 1 aromatic carbocycles. The van der Waals surface area contributed by atoms with Crippen LogP contribution in [0.5, 0.6) is 0 Å². The standard InChI is InChI=1S/C19H29N3O/c1-5-22(6-2)11-7-10-20-13-17-12-16-9-8-14(3)15(4)18(16)21-19(17)23/h8-9,12,20H,5-7,10-11,13H2,1-4H3,(H,21,23)/p+2. The van der Waals surface area contributed by atoms with Crippen molar-refractivity contribution < 1.29 is 10.2 Å². The van der Waals surface area contributed by atoms with Crippen molar-refractivity contribution in [3.05, 3.63) is 45.2 Å². The van der Waals surface area contributed by atoms with Crippen LogP contribution in [0.3, 0.4) is 0 Å². The molecule has 0 spiro atoms. The summed E-state index contributed by atoms with van der Waals surface area (Å²) >= 11 is 0. The van der Waals surface area contributed by atoms with Crippen LogP contribution >= 0.6 is 0 Å². The molecular weight excluding hydrogens is 286 g/mol. The molecule has 2 aromatic rings. The van der Waals surface area contributed by atoms with Gasteiger partial charge in [-0.15, -0.1) is 0 Å². The Labute approximate surface area is 138 Å². The number of nitrogens with one attached hydrogen (secondary N) is 2. The smallest absolute Gasteiger partial charge is 0.257 e. The van der Waals surface area contributed by atoms with Gasteiger partial charge in [0.1, 0.15) is 6.54 Å². The number of aryl methyl sites for hydroxylation is 2. The van der Waals surface area contributed by atoms with Gasteiger partial charge >= 0.3 is 0 Å². The zero-order valence-electron chi connectivity index (χ0n) is 15.0. The normalized spacial score (nSPS) is 11.5. The fourth-order valence-electron chi connectivity index (χ4n) is 3.08. The van der Waals surface area contributed by atoms with E-state index in [0.29, 0.717) is 0 Å². The van der Waals surface area contributed by atoms with E-state index < -0.39 is 0 Å². The van der Waals surface area contributed by atoms with Crippen molar-refractivity contribution >= 4 is 10.9 Å². The first-order valence-corrected chi connectivity index (χ1v) is 8.84. The van der Waals surface area contributed by atoms with E-state index in [1.807, 2.05) is 6.07 Å². The largest absolute Gasteiger partial charge is 0.342 e. The second-order valence-electron chi connectivity index (χ2n) is 6.44. The predicted molar refractivity (Wildman–Crippen MR) is 96.1 cm³/mol. The zero-order chi connectivity index (χ0) is 16.8. The molecule has 1 heterocycles. The van der Waals surface area contributed by atoms with Crippen molar-refractivity contribution in [2.75, 3.05) is 26.2 Å². The van der Waals surface area contributed by atoms with Crippen LogP contribution in [0.1, 0.15) is 37.0 Å². The molecule has 4 heteroatoms. The van der Waals surface area contributed by atoms with Gasteiger partial charge < -0.3 is 15.2 Å². The van der Waals surface area contributed by atoms with E-state index >= 15 is 0 Å². The van der Waals surface area contributed by atoms with Gasteiger partial charge in [-0.05, 0) is 50.3 Å². The molecule has 1 aromatic heterocycles. The van der Waals surface area contributed by atoms with Crippen LogP contribution < -0.4 is 15.8 Å². The third-order valence-electron chi connectivity index (χ3n) is 4.93. The molecule has 0 fully saturated rings. The summed E-state index contributed by atoms with van der Waals surface area (Å²) in [5.41, 5.74) is 4.28. The molecule has 0 radical (unpaired) electrons. The first-order chi connectivity index (χ1) is 11.1. The molecule has 0 aliphatic rings. The molecule has 0 saturated carbocycles. The van der Waals surface area contributed by atoms with Crippen LogP contribution in [-0.4, -0.2) is 31.2 Å². The summed E-state index contributed by atoms with van der Waals surface area (Å²) < 4.78 is 0. The average molecular weight is 317 g/mol. The van der Waals surface area contributed by atoms with Gasteiger partial charge in [0, 0.05) is 6.42 Å². The van der Waals surface area contributed by atoms with E-state index in [0.717, 1.165) is 35.1 Å². The van der Waals surface area contributed by atoms with Gasteiger partial charge in [0.15, 0.2) is 0 Å². The summed E-state index contributed by atoms with van der Waals surface area (Å²) in [4.78, 5) is 17.0. The minimum atomic E-state index is 0.0526. The Kier molecular flexibility index (Phi) is 6.37. The van der Waals surface area contributed by atoms with E-state index in [1.54, 1.807) is 4.90 Å². The molecule has 0 saturated heterocycles. The molecule has 0 aliphatic heterocycles. The number of hydrogen-bond acceptors (Lipinski definition) is 1. The third-order valence-corrected chi connectivity index (χ3v) is 4.93. The first-order valence-electron chi connectivity index (χ1n) is 8.84. The van der Waals surface area contributed by atoms with Crippen molar-refractivity contribution in [3.8, 4) is 0 Å². The lowest BCUT2D eigenvalue weighted by Gasteiger charge is -2.14. The van der Waals surface area contributed by atoms with E-state index in [-0.39, 0.29) is 5.56 Å². The minimum Gasteiger partial charge on any atom is -0.342 e. The lowest BCUT2D eigenvalue weighted by Crippen LogP contribution is -3.11. The zero-order valence-corrected chi connectivity index (χ0v) is 15.0. The molecule has 0 aliphatic carbocycles. The highest BCUT2D eigenvalue weighted by atomic mass is 16.1. The fourth-order valence-corrected chi connectivity index (χ4v) is 3.08. The highest BCUT2D eigenvalue weighted by molar-refractivity contribution is 5.83. The van der Waals surface area contributed by atoms with Gasteiger partial charge in [-0.3, -0.25) is 4.79 Å². The number of nitrogens with two attached hydrogens (primary N) is 1. The fraction of sp³-hybridized carbons (Fsp3) is 0.526. The SMILES string of the molecule is CC[NH+](CC)CCC[NH2+]Cc1cc2ccc(C)c(C)c2[nH]c1=O. The summed E-state index contributed by atoms with van der Waals surface area (Å²) in [5.74, 6) is 0. The Morgan fingerprint density at radius 3 is 2.61 bits per heavy atom. The van der Waals surface area contributed by atoms with E-state index in [1.165, 1.54) is 31.6 Å². The maximum atomic E-state index is 12.3. The van der Waals surface area contributed by atoms with Crippen LogP contribution in [0.25, 0.3) is 10.9 Å². The molecule has 23 heavy (non-hydrogen) atoms. The lowest BCUT2D eigenvalue weighted by molar-refractivity contribution is -0.898. The highest BCUT2D eigenvalue weighted by Crippen LogP contribution is 2.18. The van der Waals surface area contributed by atoms with Gasteiger partial charge in [0.2, 0.25) is 0 Å². The van der Waals surface area contributed by atoms with Crippen molar-refractivity contribution in [3.63, 3.8) is 0 Å². The first kappa shape index (κ1) is 17.7. The molecule has 0 unspecified atom stereocenters. The van der Waals surface area contributed by atoms with Crippen LogP contribution in [0.15, 0.2) is 23.0 Å². The number of aromatic amines is 1. The molecule has 0 atom stereocenters. The number of aromatic nitrogens is 1. The van der Waals surface area contributed by atoms with Gasteiger partial charge in [0.05, 0.1) is 37.3 Å². The van der Waals surface area contributed by atoms with Crippen molar-refractivity contribution in [1.29, 1.82) is 0 Å². The summed E-state index contributed by atoms with van der Waals surface area (Å²) in [6, 6.07) is 6.27. The third kappa shape index (κ3) is 4.43. The number of fused-ring (bicyclic) bond motifs is 1. The number of rotatable bonds is 8. The molecule has 0 amide bonds. The minimum absolute atomic E-state index is 0.0526. The number of H-pyrrole nitrogens is 1. The monoisotopic (exact) mass is 317 g/mol. The maximum absolute atomic E-state index is 12.3. The number of pyridine rings is 1. The van der Waals surface area contributed by atoms with Crippen LogP contribution in [-0.2, 0) is 6.54 Å². The molecule has 2 rings (SSSR count). The quantitative estimate of drug-likeness (QED) is 0.611. The van der Waals surface area contributed by atoms with Gasteiger partial charge in [-0.25, -0.2) is 0 Å². The molecule has 4 nitrogen and oxygen atoms in total. The van der Waals surface area contributed by atoms with Crippen LogP contribution in [0.2, 0.25) is 0 Å². The molecular formula is C19H31N3O+2. The van der Waals surface area contributed by atoms with E-state index in [2.05, 4.69) is 50.1 Å². The summed E-state index contributed by atoms with van der Waals surface area (Å²) in [6.07, 6.45) is 1.20. The highest BCUT2D eigenvalue weighted by Gasteiger charge is 2.08. The Hall–Kier alpha value is -1.65. The Morgan fingerprint density at radius 1 is 1.17 bits per heavy atom. The molecule has 4 N–H and O–H groups in total. The van der Waals surface area contributed by atoms with Crippen molar-refractivity contribution in [2.45, 2.75) is 40.7 Å². The summed E-state index contributed by atoms with van der Waals surface area (Å²) in [6.45, 7) is 14.1. The number of quaternary nitrogens is 2. The molecule has 0 bridgehead atoms. The second kappa shape index (κ2) is 8.27. The maximum Gasteiger partial charge on any atom is 0.257 e. The summed E-state index contributed by atoms with van der Waals surface area (Å²) in [7, 11) is 0. The summed E-state index contributed by atoms with van der Waals surface area (Å²) in [5, 5.41) is 3.38. The molecule has 126 valence electrons. The predicted octanol–water partition coefficient (Wildman–Crippen LogP) is 0.523. The van der Waals surface area contributed by atoms with Crippen molar-refractivity contribution in [1.82, 2.24) is 4.98 Å². The van der Waals surface area contributed by atoms with Crippen molar-refractivity contribution in [2.24, 2.45) is 0 Å². The van der Waals surface area contributed by atoms with Crippen LogP contribution in [0, 0.1) is 13.8 Å². The van der Waals surface area contributed by atoms with Crippen LogP contribution in [0.4, 0.5) is 0 Å². The van der Waals surface area contributed by atoms with Gasteiger partial charge in [0.25, 0.3) is 5.56 Å². The number of hydrogen-bond donors (Lipinski definition) is 3. The Balaban J connectivity index is 1.97. The van der Waals surface area contributed by atoms with Gasteiger partial charge in [-0.2, -0.15) is 0 Å². The topological polar surface area (TPSA) is 53.9 Å². The average Bonchev–Trinajstić information content (AvgIpc) is 2.55. The van der Waals surface area contributed by atoms with Gasteiger partial charge in [-0.1, -0.05) is 12.1 Å². The van der Waals surface area contributed by atoms with E-state index in [4.69, 9.17) is 0 Å². The lowest BCUT2D eigenvalue weighted by atomic mass is 10.0. The van der Waals surface area contributed by atoms with E-state index in [9.17, 15) is 4.79 Å². The Morgan fingerprint density at radius 2 is 1.91 bits per heavy atom. The Bertz CT molecular complexity index is 702. The second-order valence-corrected chi connectivity index (χ2v) is 6.44.